The van der Waals surface area contributed by atoms with E-state index in [1.165, 1.54) is 0 Å². The van der Waals surface area contributed by atoms with Crippen molar-refractivity contribution in [2.75, 3.05) is 11.2 Å². The molecule has 1 amide bonds. The van der Waals surface area contributed by atoms with Crippen LogP contribution in [0, 0.1) is 0 Å². The first-order valence-corrected chi connectivity index (χ1v) is 5.28. The van der Waals surface area contributed by atoms with Gasteiger partial charge in [0.15, 0.2) is 0 Å². The number of ether oxygens (including phenoxy) is 1. The fourth-order valence-electron chi connectivity index (χ4n) is 1.11. The molecule has 1 aromatic carbocycles. The van der Waals surface area contributed by atoms with E-state index in [-0.39, 0.29) is 17.9 Å². The van der Waals surface area contributed by atoms with Crippen LogP contribution < -0.4 is 10.1 Å². The van der Waals surface area contributed by atoms with Crippen LogP contribution in [0.3, 0.4) is 0 Å². The molecule has 0 radical (unpaired) electrons. The minimum absolute atomic E-state index is 0.0595. The summed E-state index contributed by atoms with van der Waals surface area (Å²) in [4.78, 5) is 11.1. The summed E-state index contributed by atoms with van der Waals surface area (Å²) in [6.45, 7) is 3.86. The number of anilines is 1. The standard InChI is InChI=1S/C11H14ClNO2/c1-8(2)15-10-6-4-3-5-9(10)13-11(14)7-12/h3-6,8H,7H2,1-2H3,(H,13,14). The number of para-hydroxylation sites is 2. The third kappa shape index (κ3) is 3.80. The first kappa shape index (κ1) is 11.9. The summed E-state index contributed by atoms with van der Waals surface area (Å²) in [6.07, 6.45) is 0.0686. The zero-order chi connectivity index (χ0) is 11.3. The number of amides is 1. The predicted molar refractivity (Wildman–Crippen MR) is 61.6 cm³/mol. The second-order valence-corrected chi connectivity index (χ2v) is 3.61. The number of nitrogens with one attached hydrogen (secondary N) is 1. The van der Waals surface area contributed by atoms with Crippen LogP contribution >= 0.6 is 11.6 Å². The highest BCUT2D eigenvalue weighted by molar-refractivity contribution is 6.29. The normalized spacial score (nSPS) is 10.1. The summed E-state index contributed by atoms with van der Waals surface area (Å²) in [6, 6.07) is 7.27. The molecule has 4 heteroatoms. The van der Waals surface area contributed by atoms with Crippen LogP contribution in [0.25, 0.3) is 0 Å². The number of carbonyl (C=O) groups excluding carboxylic acids is 1. The van der Waals surface area contributed by atoms with E-state index in [0.29, 0.717) is 11.4 Å². The number of rotatable bonds is 4. The smallest absolute Gasteiger partial charge is 0.239 e. The molecule has 0 fully saturated rings. The van der Waals surface area contributed by atoms with Gasteiger partial charge < -0.3 is 10.1 Å². The molecule has 0 saturated carbocycles. The third-order valence-electron chi connectivity index (χ3n) is 1.65. The summed E-state index contributed by atoms with van der Waals surface area (Å²) in [7, 11) is 0. The maximum absolute atomic E-state index is 11.1. The second kappa shape index (κ2) is 5.61. The van der Waals surface area contributed by atoms with Crippen LogP contribution in [0.2, 0.25) is 0 Å². The van der Waals surface area contributed by atoms with Crippen molar-refractivity contribution in [2.24, 2.45) is 0 Å². The highest BCUT2D eigenvalue weighted by Crippen LogP contribution is 2.24. The molecule has 82 valence electrons. The fraction of sp³-hybridized carbons (Fsp3) is 0.364. The molecule has 0 heterocycles. The number of alkyl halides is 1. The molecule has 1 aromatic rings. The van der Waals surface area contributed by atoms with Gasteiger partial charge in [0, 0.05) is 0 Å². The number of benzene rings is 1. The Balaban J connectivity index is 2.81. The monoisotopic (exact) mass is 227 g/mol. The van der Waals surface area contributed by atoms with Gasteiger partial charge in [-0.3, -0.25) is 4.79 Å². The minimum atomic E-state index is -0.239. The summed E-state index contributed by atoms with van der Waals surface area (Å²) in [5, 5.41) is 2.67. The molecular weight excluding hydrogens is 214 g/mol. The van der Waals surface area contributed by atoms with Crippen molar-refractivity contribution >= 4 is 23.2 Å². The number of hydrogen-bond donors (Lipinski definition) is 1. The topological polar surface area (TPSA) is 38.3 Å². The average Bonchev–Trinajstić information content (AvgIpc) is 2.20. The van der Waals surface area contributed by atoms with Crippen LogP contribution in [0.15, 0.2) is 24.3 Å². The summed E-state index contributed by atoms with van der Waals surface area (Å²) in [5.41, 5.74) is 0.650. The van der Waals surface area contributed by atoms with E-state index in [2.05, 4.69) is 5.32 Å². The summed E-state index contributed by atoms with van der Waals surface area (Å²) >= 11 is 5.41. The second-order valence-electron chi connectivity index (χ2n) is 3.34. The van der Waals surface area contributed by atoms with Gasteiger partial charge in [0.05, 0.1) is 11.8 Å². The Morgan fingerprint density at radius 2 is 2.13 bits per heavy atom. The van der Waals surface area contributed by atoms with E-state index in [1.807, 2.05) is 32.0 Å². The largest absolute Gasteiger partial charge is 0.489 e. The molecular formula is C11H14ClNO2. The van der Waals surface area contributed by atoms with Crippen molar-refractivity contribution in [1.82, 2.24) is 0 Å². The van der Waals surface area contributed by atoms with Crippen LogP contribution in [-0.4, -0.2) is 17.9 Å². The lowest BCUT2D eigenvalue weighted by Gasteiger charge is -2.14. The van der Waals surface area contributed by atoms with E-state index in [9.17, 15) is 4.79 Å². The van der Waals surface area contributed by atoms with Gasteiger partial charge in [-0.15, -0.1) is 11.6 Å². The fourth-order valence-corrected chi connectivity index (χ4v) is 1.18. The highest BCUT2D eigenvalue weighted by atomic mass is 35.5. The lowest BCUT2D eigenvalue weighted by molar-refractivity contribution is -0.113. The Hall–Kier alpha value is -1.22. The van der Waals surface area contributed by atoms with E-state index in [1.54, 1.807) is 6.07 Å². The number of hydrogen-bond acceptors (Lipinski definition) is 2. The maximum atomic E-state index is 11.1. The van der Waals surface area contributed by atoms with Crippen LogP contribution in [0.4, 0.5) is 5.69 Å². The van der Waals surface area contributed by atoms with Crippen LogP contribution in [-0.2, 0) is 4.79 Å². The maximum Gasteiger partial charge on any atom is 0.239 e. The van der Waals surface area contributed by atoms with Gasteiger partial charge >= 0.3 is 0 Å². The molecule has 0 atom stereocenters. The quantitative estimate of drug-likeness (QED) is 0.804. The molecule has 3 nitrogen and oxygen atoms in total. The van der Waals surface area contributed by atoms with Crippen molar-refractivity contribution in [3.8, 4) is 5.75 Å². The summed E-state index contributed by atoms with van der Waals surface area (Å²) in [5.74, 6) is 0.359. The third-order valence-corrected chi connectivity index (χ3v) is 1.89. The van der Waals surface area contributed by atoms with Gasteiger partial charge in [0.25, 0.3) is 0 Å². The molecule has 0 saturated heterocycles. The van der Waals surface area contributed by atoms with Crippen molar-refractivity contribution in [3.63, 3.8) is 0 Å². The van der Waals surface area contributed by atoms with Crippen molar-refractivity contribution in [2.45, 2.75) is 20.0 Å². The Morgan fingerprint density at radius 1 is 1.47 bits per heavy atom. The van der Waals surface area contributed by atoms with Gasteiger partial charge in [0.2, 0.25) is 5.91 Å². The van der Waals surface area contributed by atoms with Gasteiger partial charge in [0.1, 0.15) is 11.6 Å². The first-order valence-electron chi connectivity index (χ1n) is 4.75. The van der Waals surface area contributed by atoms with E-state index in [4.69, 9.17) is 16.3 Å². The summed E-state index contributed by atoms with van der Waals surface area (Å²) < 4.78 is 5.53. The van der Waals surface area contributed by atoms with Crippen LogP contribution in [0.1, 0.15) is 13.8 Å². The molecule has 0 aliphatic rings. The minimum Gasteiger partial charge on any atom is -0.489 e. The highest BCUT2D eigenvalue weighted by Gasteiger charge is 2.07. The van der Waals surface area contributed by atoms with Crippen molar-refractivity contribution < 1.29 is 9.53 Å². The Morgan fingerprint density at radius 3 is 2.73 bits per heavy atom. The Bertz CT molecular complexity index is 339. The van der Waals surface area contributed by atoms with Gasteiger partial charge in [-0.25, -0.2) is 0 Å². The number of carbonyl (C=O) groups is 1. The molecule has 1 N–H and O–H groups in total. The molecule has 0 aromatic heterocycles. The molecule has 0 bridgehead atoms. The van der Waals surface area contributed by atoms with E-state index >= 15 is 0 Å². The Kier molecular flexibility index (Phi) is 4.43. The van der Waals surface area contributed by atoms with Gasteiger partial charge in [-0.1, -0.05) is 12.1 Å². The number of halogens is 1. The lowest BCUT2D eigenvalue weighted by Crippen LogP contribution is -2.15. The molecule has 0 unspecified atom stereocenters. The van der Waals surface area contributed by atoms with Crippen molar-refractivity contribution in [1.29, 1.82) is 0 Å². The van der Waals surface area contributed by atoms with E-state index < -0.39 is 0 Å². The Labute approximate surface area is 94.4 Å². The SMILES string of the molecule is CC(C)Oc1ccccc1NC(=O)CCl. The first-order chi connectivity index (χ1) is 7.13. The van der Waals surface area contributed by atoms with Gasteiger partial charge in [-0.05, 0) is 26.0 Å². The average molecular weight is 228 g/mol. The predicted octanol–water partition coefficient (Wildman–Crippen LogP) is 2.65. The van der Waals surface area contributed by atoms with Gasteiger partial charge in [-0.2, -0.15) is 0 Å². The molecule has 0 aliphatic carbocycles. The lowest BCUT2D eigenvalue weighted by atomic mass is 10.3. The zero-order valence-corrected chi connectivity index (χ0v) is 9.54. The molecule has 0 spiro atoms. The van der Waals surface area contributed by atoms with Crippen LogP contribution in [0.5, 0.6) is 5.75 Å². The molecule has 0 aliphatic heterocycles. The molecule has 15 heavy (non-hydrogen) atoms. The molecule has 1 rings (SSSR count). The van der Waals surface area contributed by atoms with Crippen molar-refractivity contribution in [3.05, 3.63) is 24.3 Å². The van der Waals surface area contributed by atoms with E-state index in [0.717, 1.165) is 0 Å². The zero-order valence-electron chi connectivity index (χ0n) is 8.79.